The van der Waals surface area contributed by atoms with Crippen LogP contribution in [0.3, 0.4) is 0 Å². The SMILES string of the molecule is CC1=NN(c2ccc(S(=O)(=O)[O-])cc2)C(=O)C1=Cc1c(C)[nH]n(-c2ccc(S(=O)(=O)[O-])cc2)c1=O. The largest absolute Gasteiger partial charge is 0.744 e. The van der Waals surface area contributed by atoms with Gasteiger partial charge in [-0.05, 0) is 68.5 Å². The summed E-state index contributed by atoms with van der Waals surface area (Å²) < 4.78 is 67.9. The molecular formula is C21H16N4O8S2-2. The van der Waals surface area contributed by atoms with Gasteiger partial charge in [0, 0.05) is 5.69 Å². The number of amides is 1. The van der Waals surface area contributed by atoms with Gasteiger partial charge in [-0.2, -0.15) is 10.1 Å². The Morgan fingerprint density at radius 3 is 1.80 bits per heavy atom. The third kappa shape index (κ3) is 4.59. The van der Waals surface area contributed by atoms with E-state index in [4.69, 9.17) is 0 Å². The molecule has 182 valence electrons. The summed E-state index contributed by atoms with van der Waals surface area (Å²) in [6, 6.07) is 9.41. The van der Waals surface area contributed by atoms with Crippen LogP contribution in [-0.2, 0) is 25.0 Å². The molecule has 1 aliphatic rings. The minimum Gasteiger partial charge on any atom is -0.744 e. The number of benzene rings is 2. The summed E-state index contributed by atoms with van der Waals surface area (Å²) in [5.41, 5.74) is 0.939. The van der Waals surface area contributed by atoms with E-state index in [0.29, 0.717) is 11.4 Å². The Morgan fingerprint density at radius 2 is 1.31 bits per heavy atom. The number of aromatic amines is 1. The van der Waals surface area contributed by atoms with Gasteiger partial charge in [-0.3, -0.25) is 14.7 Å². The van der Waals surface area contributed by atoms with Crippen LogP contribution < -0.4 is 10.6 Å². The first-order valence-electron chi connectivity index (χ1n) is 9.83. The predicted octanol–water partition coefficient (Wildman–Crippen LogP) is 1.09. The number of aromatic nitrogens is 2. The number of nitrogens with zero attached hydrogens (tertiary/aromatic N) is 3. The van der Waals surface area contributed by atoms with Crippen molar-refractivity contribution in [2.75, 3.05) is 5.01 Å². The molecule has 35 heavy (non-hydrogen) atoms. The highest BCUT2D eigenvalue weighted by molar-refractivity contribution is 7.86. The smallest absolute Gasteiger partial charge is 0.280 e. The van der Waals surface area contributed by atoms with Crippen LogP contribution in [0.15, 0.2) is 73.8 Å². The van der Waals surface area contributed by atoms with Crippen molar-refractivity contribution < 1.29 is 30.7 Å². The number of aryl methyl sites for hydroxylation is 1. The molecule has 0 saturated carbocycles. The van der Waals surface area contributed by atoms with Crippen LogP contribution in [0.4, 0.5) is 5.69 Å². The molecule has 0 spiro atoms. The third-order valence-corrected chi connectivity index (χ3v) is 6.92. The Kier molecular flexibility index (Phi) is 5.84. The van der Waals surface area contributed by atoms with E-state index < -0.39 is 41.5 Å². The molecule has 1 amide bonds. The molecule has 0 atom stereocenters. The first kappa shape index (κ1) is 24.3. The highest BCUT2D eigenvalue weighted by Gasteiger charge is 2.29. The quantitative estimate of drug-likeness (QED) is 0.385. The maximum atomic E-state index is 13.0. The van der Waals surface area contributed by atoms with E-state index in [9.17, 15) is 35.5 Å². The molecule has 1 aliphatic heterocycles. The molecule has 1 aromatic heterocycles. The summed E-state index contributed by atoms with van der Waals surface area (Å²) in [7, 11) is -9.28. The maximum absolute atomic E-state index is 13.0. The highest BCUT2D eigenvalue weighted by atomic mass is 32.2. The molecule has 4 rings (SSSR count). The van der Waals surface area contributed by atoms with Gasteiger partial charge in [-0.15, -0.1) is 0 Å². The number of hydrogen-bond donors (Lipinski definition) is 1. The first-order chi connectivity index (χ1) is 16.3. The van der Waals surface area contributed by atoms with Crippen LogP contribution >= 0.6 is 0 Å². The number of rotatable bonds is 5. The third-order valence-electron chi connectivity index (χ3n) is 5.22. The summed E-state index contributed by atoms with van der Waals surface area (Å²) in [5, 5.41) is 8.02. The zero-order valence-electron chi connectivity index (χ0n) is 18.1. The normalized spacial score (nSPS) is 15.7. The van der Waals surface area contributed by atoms with Crippen LogP contribution in [0.1, 0.15) is 18.2 Å². The minimum absolute atomic E-state index is 0.115. The molecule has 0 fully saturated rings. The zero-order chi connectivity index (χ0) is 25.7. The van der Waals surface area contributed by atoms with E-state index in [1.165, 1.54) is 30.3 Å². The van der Waals surface area contributed by atoms with Gasteiger partial charge in [-0.25, -0.2) is 21.5 Å². The van der Waals surface area contributed by atoms with Crippen LogP contribution in [0.5, 0.6) is 0 Å². The number of anilines is 1. The number of H-pyrrole nitrogens is 1. The molecule has 14 heteroatoms. The summed E-state index contributed by atoms with van der Waals surface area (Å²) in [6.07, 6.45) is 1.36. The van der Waals surface area contributed by atoms with Crippen LogP contribution in [0.2, 0.25) is 0 Å². The minimum atomic E-state index is -4.65. The van der Waals surface area contributed by atoms with Crippen molar-refractivity contribution in [3.63, 3.8) is 0 Å². The molecule has 2 heterocycles. The summed E-state index contributed by atoms with van der Waals surface area (Å²) in [5.74, 6) is -0.572. The molecule has 0 unspecified atom stereocenters. The van der Waals surface area contributed by atoms with Crippen molar-refractivity contribution in [3.05, 3.63) is 75.7 Å². The molecule has 12 nitrogen and oxygen atoms in total. The van der Waals surface area contributed by atoms with Crippen LogP contribution in [0, 0.1) is 6.92 Å². The summed E-state index contributed by atoms with van der Waals surface area (Å²) in [4.78, 5) is 25.1. The number of carbonyl (C=O) groups excluding carboxylic acids is 1. The van der Waals surface area contributed by atoms with Gasteiger partial charge in [-0.1, -0.05) is 0 Å². The first-order valence-corrected chi connectivity index (χ1v) is 12.6. The molecule has 3 aromatic rings. The van der Waals surface area contributed by atoms with Crippen molar-refractivity contribution in [1.82, 2.24) is 9.78 Å². The topological polar surface area (TPSA) is 185 Å². The molecule has 0 aliphatic carbocycles. The van der Waals surface area contributed by atoms with Crippen LogP contribution in [0.25, 0.3) is 11.8 Å². The van der Waals surface area contributed by atoms with Crippen molar-refractivity contribution in [1.29, 1.82) is 0 Å². The van der Waals surface area contributed by atoms with Gasteiger partial charge in [0.2, 0.25) is 0 Å². The van der Waals surface area contributed by atoms with Crippen molar-refractivity contribution >= 4 is 43.6 Å². The standard InChI is InChI=1S/C21H18N4O8S2/c1-12-18(20(26)24(22-12)14-3-7-16(8-4-14)34(28,29)30)11-19-13(2)23-25(21(19)27)15-5-9-17(10-6-15)35(31,32)33/h3-11,22H,1-2H3,(H,28,29,30)(H,31,32,33)/p-2. The average Bonchev–Trinajstić information content (AvgIpc) is 3.23. The fraction of sp³-hybridized carbons (Fsp3) is 0.0952. The van der Waals surface area contributed by atoms with Crippen molar-refractivity contribution in [2.45, 2.75) is 23.6 Å². The monoisotopic (exact) mass is 516 g/mol. The lowest BCUT2D eigenvalue weighted by Crippen LogP contribution is -2.22. The van der Waals surface area contributed by atoms with Gasteiger partial charge in [0.1, 0.15) is 20.2 Å². The van der Waals surface area contributed by atoms with E-state index in [-0.39, 0.29) is 22.5 Å². The molecule has 0 radical (unpaired) electrons. The van der Waals surface area contributed by atoms with E-state index in [2.05, 4.69) is 10.2 Å². The van der Waals surface area contributed by atoms with Crippen LogP contribution in [-0.4, -0.2) is 47.3 Å². The molecule has 0 saturated heterocycles. The maximum Gasteiger partial charge on any atom is 0.280 e. The number of carbonyl (C=O) groups is 1. The van der Waals surface area contributed by atoms with Gasteiger partial charge in [0.25, 0.3) is 11.5 Å². The number of hydrazone groups is 1. The lowest BCUT2D eigenvalue weighted by Gasteiger charge is -2.13. The van der Waals surface area contributed by atoms with E-state index >= 15 is 0 Å². The van der Waals surface area contributed by atoms with Gasteiger partial charge in [0.15, 0.2) is 0 Å². The molecular weight excluding hydrogens is 500 g/mol. The van der Waals surface area contributed by atoms with E-state index in [0.717, 1.165) is 34.0 Å². The average molecular weight is 517 g/mol. The Labute approximate surface area is 199 Å². The lowest BCUT2D eigenvalue weighted by atomic mass is 10.1. The van der Waals surface area contributed by atoms with E-state index in [1.807, 2.05) is 0 Å². The van der Waals surface area contributed by atoms with Gasteiger partial charge in [0.05, 0.1) is 38.0 Å². The van der Waals surface area contributed by atoms with E-state index in [1.54, 1.807) is 13.8 Å². The van der Waals surface area contributed by atoms with Crippen molar-refractivity contribution in [2.24, 2.45) is 5.10 Å². The zero-order valence-corrected chi connectivity index (χ0v) is 19.8. The summed E-state index contributed by atoms with van der Waals surface area (Å²) >= 11 is 0. The van der Waals surface area contributed by atoms with Gasteiger partial charge >= 0.3 is 0 Å². The Morgan fingerprint density at radius 1 is 0.829 bits per heavy atom. The Bertz CT molecular complexity index is 1680. The number of hydrogen-bond acceptors (Lipinski definition) is 9. The fourth-order valence-electron chi connectivity index (χ4n) is 3.43. The number of nitrogens with one attached hydrogen (secondary N) is 1. The second kappa shape index (κ2) is 8.42. The van der Waals surface area contributed by atoms with Crippen molar-refractivity contribution in [3.8, 4) is 5.69 Å². The molecule has 1 N–H and O–H groups in total. The summed E-state index contributed by atoms with van der Waals surface area (Å²) in [6.45, 7) is 3.16. The second-order valence-corrected chi connectivity index (χ2v) is 10.3. The highest BCUT2D eigenvalue weighted by Crippen LogP contribution is 2.26. The fourth-order valence-corrected chi connectivity index (χ4v) is 4.37. The van der Waals surface area contributed by atoms with Gasteiger partial charge < -0.3 is 9.11 Å². The Hall–Kier alpha value is -3.85. The molecule has 0 bridgehead atoms. The Balaban J connectivity index is 1.68. The predicted molar refractivity (Wildman–Crippen MR) is 122 cm³/mol. The molecule has 2 aromatic carbocycles. The lowest BCUT2D eigenvalue weighted by molar-refractivity contribution is -0.114. The second-order valence-electron chi connectivity index (χ2n) is 7.55.